The summed E-state index contributed by atoms with van der Waals surface area (Å²) in [5.41, 5.74) is 2.11. The molecule has 0 atom stereocenters. The molecule has 0 spiro atoms. The van der Waals surface area contributed by atoms with Crippen molar-refractivity contribution < 1.29 is 4.74 Å². The SMILES string of the molecule is CCC(CC)(OC)c1nc(=S)c2c([nH]1)CSC2. The number of thioether (sulfide) groups is 1. The number of rotatable bonds is 4. The van der Waals surface area contributed by atoms with Crippen LogP contribution < -0.4 is 0 Å². The lowest BCUT2D eigenvalue weighted by atomic mass is 9.96. The third kappa shape index (κ3) is 2.16. The Balaban J connectivity index is 2.53. The van der Waals surface area contributed by atoms with Crippen molar-refractivity contribution in [3.05, 3.63) is 21.7 Å². The highest BCUT2D eigenvalue weighted by atomic mass is 32.2. The highest BCUT2D eigenvalue weighted by Gasteiger charge is 2.32. The van der Waals surface area contributed by atoms with Crippen LogP contribution in [0.15, 0.2) is 0 Å². The summed E-state index contributed by atoms with van der Waals surface area (Å²) in [4.78, 5) is 7.99. The van der Waals surface area contributed by atoms with E-state index in [2.05, 4.69) is 23.8 Å². The van der Waals surface area contributed by atoms with Gasteiger partial charge >= 0.3 is 0 Å². The molecule has 0 fully saturated rings. The Kier molecular flexibility index (Phi) is 3.90. The number of fused-ring (bicyclic) bond motifs is 1. The molecule has 0 amide bonds. The second-order valence-electron chi connectivity index (χ2n) is 4.25. The fourth-order valence-corrected chi connectivity index (χ4v) is 3.70. The maximum Gasteiger partial charge on any atom is 0.140 e. The van der Waals surface area contributed by atoms with E-state index in [0.29, 0.717) is 0 Å². The van der Waals surface area contributed by atoms with E-state index >= 15 is 0 Å². The van der Waals surface area contributed by atoms with Gasteiger partial charge in [0.05, 0.1) is 0 Å². The van der Waals surface area contributed by atoms with E-state index in [1.165, 1.54) is 11.3 Å². The van der Waals surface area contributed by atoms with Gasteiger partial charge in [-0.25, -0.2) is 4.98 Å². The molecular formula is C12H18N2OS2. The normalized spacial score (nSPS) is 15.0. The topological polar surface area (TPSA) is 37.9 Å². The van der Waals surface area contributed by atoms with Gasteiger partial charge < -0.3 is 9.72 Å². The van der Waals surface area contributed by atoms with Crippen LogP contribution in [-0.4, -0.2) is 17.1 Å². The van der Waals surface area contributed by atoms with Crippen LogP contribution in [0.2, 0.25) is 0 Å². The first-order chi connectivity index (χ1) is 8.16. The predicted octanol–water partition coefficient (Wildman–Crippen LogP) is 3.55. The Morgan fingerprint density at radius 1 is 1.41 bits per heavy atom. The van der Waals surface area contributed by atoms with Crippen molar-refractivity contribution >= 4 is 24.0 Å². The molecule has 0 radical (unpaired) electrons. The van der Waals surface area contributed by atoms with Crippen LogP contribution in [0.5, 0.6) is 0 Å². The van der Waals surface area contributed by atoms with E-state index in [0.717, 1.165) is 34.8 Å². The second-order valence-corrected chi connectivity index (χ2v) is 5.62. The number of H-pyrrole nitrogens is 1. The highest BCUT2D eigenvalue weighted by Crippen LogP contribution is 2.34. The molecule has 2 rings (SSSR count). The molecule has 1 aliphatic heterocycles. The van der Waals surface area contributed by atoms with Gasteiger partial charge in [0.15, 0.2) is 0 Å². The standard InChI is InChI=1S/C12H18N2OS2/c1-4-12(5-2,15-3)11-13-9-7-17-6-8(9)10(16)14-11/h4-7H2,1-3H3,(H,13,14,16). The monoisotopic (exact) mass is 270 g/mol. The van der Waals surface area contributed by atoms with Gasteiger partial charge in [-0.05, 0) is 12.8 Å². The van der Waals surface area contributed by atoms with Crippen molar-refractivity contribution in [2.75, 3.05) is 7.11 Å². The van der Waals surface area contributed by atoms with Gasteiger partial charge in [0, 0.05) is 29.9 Å². The van der Waals surface area contributed by atoms with Crippen molar-refractivity contribution in [1.29, 1.82) is 0 Å². The zero-order valence-corrected chi connectivity index (χ0v) is 12.1. The average molecular weight is 270 g/mol. The van der Waals surface area contributed by atoms with E-state index in [-0.39, 0.29) is 5.60 Å². The van der Waals surface area contributed by atoms with Gasteiger partial charge in [0.2, 0.25) is 0 Å². The first kappa shape index (κ1) is 13.1. The molecule has 0 unspecified atom stereocenters. The van der Waals surface area contributed by atoms with E-state index in [1.54, 1.807) is 7.11 Å². The lowest BCUT2D eigenvalue weighted by Gasteiger charge is -2.29. The third-order valence-corrected chi connectivity index (χ3v) is 4.89. The summed E-state index contributed by atoms with van der Waals surface area (Å²) in [6.07, 6.45) is 1.79. The van der Waals surface area contributed by atoms with Crippen LogP contribution in [0, 0.1) is 4.64 Å². The molecule has 0 saturated carbocycles. The first-order valence-corrected chi connectivity index (χ1v) is 7.48. The van der Waals surface area contributed by atoms with Crippen molar-refractivity contribution in [1.82, 2.24) is 9.97 Å². The molecule has 1 aromatic heterocycles. The minimum atomic E-state index is -0.324. The van der Waals surface area contributed by atoms with Crippen LogP contribution in [-0.2, 0) is 21.8 Å². The Morgan fingerprint density at radius 3 is 2.71 bits per heavy atom. The Bertz CT molecular complexity index is 458. The van der Waals surface area contributed by atoms with Gasteiger partial charge in [0.1, 0.15) is 16.1 Å². The number of hydrogen-bond acceptors (Lipinski definition) is 4. The average Bonchev–Trinajstić information content (AvgIpc) is 2.81. The number of methoxy groups -OCH3 is 1. The predicted molar refractivity (Wildman–Crippen MR) is 73.7 cm³/mol. The van der Waals surface area contributed by atoms with Crippen LogP contribution >= 0.6 is 24.0 Å². The largest absolute Gasteiger partial charge is 0.370 e. The number of aromatic amines is 1. The van der Waals surface area contributed by atoms with Crippen molar-refractivity contribution in [2.45, 2.75) is 43.8 Å². The molecule has 5 heteroatoms. The minimum Gasteiger partial charge on any atom is -0.370 e. The maximum atomic E-state index is 5.69. The number of hydrogen-bond donors (Lipinski definition) is 1. The molecule has 1 aromatic rings. The summed E-state index contributed by atoms with van der Waals surface area (Å²) >= 11 is 7.26. The molecule has 1 aliphatic rings. The number of aromatic nitrogens is 2. The maximum absolute atomic E-state index is 5.69. The smallest absolute Gasteiger partial charge is 0.140 e. The van der Waals surface area contributed by atoms with Crippen LogP contribution in [0.4, 0.5) is 0 Å². The Morgan fingerprint density at radius 2 is 2.12 bits per heavy atom. The van der Waals surface area contributed by atoms with E-state index in [4.69, 9.17) is 17.0 Å². The first-order valence-electron chi connectivity index (χ1n) is 5.92. The third-order valence-electron chi connectivity index (χ3n) is 3.56. The van der Waals surface area contributed by atoms with Gasteiger partial charge in [0.25, 0.3) is 0 Å². The fraction of sp³-hybridized carbons (Fsp3) is 0.667. The highest BCUT2D eigenvalue weighted by molar-refractivity contribution is 7.98. The lowest BCUT2D eigenvalue weighted by molar-refractivity contribution is -0.0293. The molecule has 2 heterocycles. The zero-order chi connectivity index (χ0) is 12.5. The second kappa shape index (κ2) is 5.08. The molecule has 0 aromatic carbocycles. The van der Waals surface area contributed by atoms with Crippen molar-refractivity contribution in [2.24, 2.45) is 0 Å². The molecule has 0 saturated heterocycles. The summed E-state index contributed by atoms with van der Waals surface area (Å²) in [5.74, 6) is 2.87. The van der Waals surface area contributed by atoms with Crippen molar-refractivity contribution in [3.8, 4) is 0 Å². The molecule has 0 aliphatic carbocycles. The summed E-state index contributed by atoms with van der Waals surface area (Å²) in [6.45, 7) is 4.24. The molecule has 3 nitrogen and oxygen atoms in total. The molecule has 17 heavy (non-hydrogen) atoms. The Labute approximate surface area is 111 Å². The number of nitrogens with zero attached hydrogens (tertiary/aromatic N) is 1. The molecular weight excluding hydrogens is 252 g/mol. The van der Waals surface area contributed by atoms with E-state index in [1.807, 2.05) is 11.8 Å². The van der Waals surface area contributed by atoms with Gasteiger partial charge in [-0.1, -0.05) is 26.1 Å². The van der Waals surface area contributed by atoms with Crippen molar-refractivity contribution in [3.63, 3.8) is 0 Å². The van der Waals surface area contributed by atoms with Gasteiger partial charge in [-0.3, -0.25) is 0 Å². The van der Waals surface area contributed by atoms with Crippen LogP contribution in [0.25, 0.3) is 0 Å². The van der Waals surface area contributed by atoms with Crippen LogP contribution in [0.1, 0.15) is 43.8 Å². The van der Waals surface area contributed by atoms with Gasteiger partial charge in [-0.15, -0.1) is 0 Å². The number of ether oxygens (including phenoxy) is 1. The lowest BCUT2D eigenvalue weighted by Crippen LogP contribution is -2.30. The molecule has 94 valence electrons. The fourth-order valence-electron chi connectivity index (χ4n) is 2.26. The van der Waals surface area contributed by atoms with E-state index < -0.39 is 0 Å². The zero-order valence-electron chi connectivity index (χ0n) is 10.5. The van der Waals surface area contributed by atoms with Gasteiger partial charge in [-0.2, -0.15) is 11.8 Å². The summed E-state index contributed by atoms with van der Waals surface area (Å²) in [6, 6.07) is 0. The number of nitrogens with one attached hydrogen (secondary N) is 1. The molecule has 0 bridgehead atoms. The summed E-state index contributed by atoms with van der Waals surface area (Å²) < 4.78 is 6.43. The summed E-state index contributed by atoms with van der Waals surface area (Å²) in [7, 11) is 1.74. The Hall–Kier alpha value is -0.390. The molecule has 1 N–H and O–H groups in total. The summed E-state index contributed by atoms with van der Waals surface area (Å²) in [5, 5.41) is 0. The van der Waals surface area contributed by atoms with E-state index in [9.17, 15) is 0 Å². The quantitative estimate of drug-likeness (QED) is 0.849. The minimum absolute atomic E-state index is 0.324. The van der Waals surface area contributed by atoms with Crippen LogP contribution in [0.3, 0.4) is 0 Å².